The predicted octanol–water partition coefficient (Wildman–Crippen LogP) is 2.69. The smallest absolute Gasteiger partial charge is 0.0937 e. The fourth-order valence-electron chi connectivity index (χ4n) is 2.15. The average molecular weight is 224 g/mol. The van der Waals surface area contributed by atoms with Crippen LogP contribution in [0.3, 0.4) is 0 Å². The maximum Gasteiger partial charge on any atom is 0.0937 e. The first kappa shape index (κ1) is 11.1. The topological polar surface area (TPSA) is 24.9 Å². The Kier molecular flexibility index (Phi) is 2.86. The third-order valence-electron chi connectivity index (χ3n) is 3.82. The number of hydrogen-bond donors (Lipinski definition) is 1. The molecule has 84 valence electrons. The zero-order chi connectivity index (χ0) is 11.1. The van der Waals surface area contributed by atoms with Crippen LogP contribution in [-0.4, -0.2) is 18.1 Å². The minimum Gasteiger partial charge on any atom is -0.317 e. The maximum atomic E-state index is 4.64. The highest BCUT2D eigenvalue weighted by atomic mass is 32.1. The normalized spacial score (nSPS) is 20.3. The van der Waals surface area contributed by atoms with Crippen molar-refractivity contribution in [2.24, 2.45) is 5.41 Å². The molecule has 0 aromatic carbocycles. The second kappa shape index (κ2) is 3.87. The highest BCUT2D eigenvalue weighted by molar-refractivity contribution is 7.11. The Morgan fingerprint density at radius 3 is 2.53 bits per heavy atom. The van der Waals surface area contributed by atoms with Crippen LogP contribution in [0.4, 0.5) is 0 Å². The molecule has 1 aromatic rings. The molecule has 3 heteroatoms. The van der Waals surface area contributed by atoms with Gasteiger partial charge in [0.05, 0.1) is 10.7 Å². The van der Waals surface area contributed by atoms with E-state index in [0.717, 1.165) is 6.42 Å². The number of thiazole rings is 1. The molecule has 0 saturated heterocycles. The number of nitrogens with one attached hydrogen (secondary N) is 1. The van der Waals surface area contributed by atoms with Crippen LogP contribution in [0.2, 0.25) is 0 Å². The van der Waals surface area contributed by atoms with Crippen molar-refractivity contribution in [3.8, 4) is 0 Å². The molecule has 1 heterocycles. The summed E-state index contributed by atoms with van der Waals surface area (Å²) in [4.78, 5) is 6.02. The fourth-order valence-corrected chi connectivity index (χ4v) is 3.23. The van der Waals surface area contributed by atoms with Gasteiger partial charge in [-0.15, -0.1) is 11.3 Å². The summed E-state index contributed by atoms with van der Waals surface area (Å²) in [5.74, 6) is 0. The van der Waals surface area contributed by atoms with E-state index in [9.17, 15) is 0 Å². The Morgan fingerprint density at radius 1 is 1.47 bits per heavy atom. The van der Waals surface area contributed by atoms with Crippen molar-refractivity contribution < 1.29 is 0 Å². The Bertz CT molecular complexity index is 333. The van der Waals surface area contributed by atoms with Crippen LogP contribution >= 0.6 is 11.3 Å². The van der Waals surface area contributed by atoms with E-state index in [0.29, 0.717) is 11.5 Å². The van der Waals surface area contributed by atoms with E-state index in [2.05, 4.69) is 38.1 Å². The van der Waals surface area contributed by atoms with Crippen molar-refractivity contribution in [3.63, 3.8) is 0 Å². The van der Waals surface area contributed by atoms with E-state index in [1.807, 2.05) is 11.3 Å². The minimum atomic E-state index is 0.505. The molecular formula is C12H20N2S. The van der Waals surface area contributed by atoms with Gasteiger partial charge >= 0.3 is 0 Å². The highest BCUT2D eigenvalue weighted by Crippen LogP contribution is 2.51. The van der Waals surface area contributed by atoms with E-state index in [-0.39, 0.29) is 0 Å². The molecule has 0 spiro atoms. The van der Waals surface area contributed by atoms with Gasteiger partial charge in [0.25, 0.3) is 0 Å². The Labute approximate surface area is 96.1 Å². The molecule has 0 amide bonds. The summed E-state index contributed by atoms with van der Waals surface area (Å²) >= 11 is 1.87. The van der Waals surface area contributed by atoms with Crippen LogP contribution in [0, 0.1) is 19.3 Å². The molecule has 1 aliphatic rings. The zero-order valence-corrected chi connectivity index (χ0v) is 10.9. The Balaban J connectivity index is 2.09. The van der Waals surface area contributed by atoms with Gasteiger partial charge in [-0.3, -0.25) is 0 Å². The van der Waals surface area contributed by atoms with E-state index >= 15 is 0 Å². The fraction of sp³-hybridized carbons (Fsp3) is 0.750. The molecule has 1 saturated carbocycles. The van der Waals surface area contributed by atoms with E-state index in [1.165, 1.54) is 28.4 Å². The van der Waals surface area contributed by atoms with Gasteiger partial charge in [0.1, 0.15) is 0 Å². The van der Waals surface area contributed by atoms with Gasteiger partial charge in [0.15, 0.2) is 0 Å². The van der Waals surface area contributed by atoms with Crippen LogP contribution in [0.25, 0.3) is 0 Å². The lowest BCUT2D eigenvalue weighted by Crippen LogP contribution is -2.33. The summed E-state index contributed by atoms with van der Waals surface area (Å²) in [7, 11) is 2.06. The second-order valence-electron chi connectivity index (χ2n) is 4.80. The Hall–Kier alpha value is -0.410. The van der Waals surface area contributed by atoms with Crippen molar-refractivity contribution in [1.82, 2.24) is 10.3 Å². The summed E-state index contributed by atoms with van der Waals surface area (Å²) < 4.78 is 0. The van der Waals surface area contributed by atoms with Crippen LogP contribution in [0.1, 0.15) is 35.3 Å². The lowest BCUT2D eigenvalue weighted by Gasteiger charge is -2.21. The number of rotatable bonds is 4. The van der Waals surface area contributed by atoms with Crippen LogP contribution in [0.5, 0.6) is 0 Å². The Morgan fingerprint density at radius 2 is 2.13 bits per heavy atom. The van der Waals surface area contributed by atoms with Crippen LogP contribution in [-0.2, 0) is 6.42 Å². The lowest BCUT2D eigenvalue weighted by atomic mass is 9.94. The molecular weight excluding hydrogens is 204 g/mol. The van der Waals surface area contributed by atoms with Gasteiger partial charge in [-0.2, -0.15) is 0 Å². The van der Waals surface area contributed by atoms with E-state index in [1.54, 1.807) is 0 Å². The molecule has 1 atom stereocenters. The molecule has 0 radical (unpaired) electrons. The molecule has 1 N–H and O–H groups in total. The van der Waals surface area contributed by atoms with Crippen molar-refractivity contribution in [1.29, 1.82) is 0 Å². The van der Waals surface area contributed by atoms with Gasteiger partial charge in [0, 0.05) is 17.3 Å². The van der Waals surface area contributed by atoms with Gasteiger partial charge in [-0.1, -0.05) is 0 Å². The standard InChI is InChI=1S/C12H20N2S/c1-8-9(2)15-11(14-8)7-12(5-6-12)10(3)13-4/h10,13H,5-7H2,1-4H3. The molecule has 0 bridgehead atoms. The van der Waals surface area contributed by atoms with Gasteiger partial charge in [-0.25, -0.2) is 4.98 Å². The van der Waals surface area contributed by atoms with Crippen LogP contribution < -0.4 is 5.32 Å². The molecule has 15 heavy (non-hydrogen) atoms. The molecule has 2 nitrogen and oxygen atoms in total. The largest absolute Gasteiger partial charge is 0.317 e. The van der Waals surface area contributed by atoms with Crippen molar-refractivity contribution in [2.75, 3.05) is 7.05 Å². The molecule has 2 rings (SSSR count). The second-order valence-corrected chi connectivity index (χ2v) is 6.09. The monoisotopic (exact) mass is 224 g/mol. The maximum absolute atomic E-state index is 4.64. The highest BCUT2D eigenvalue weighted by Gasteiger charge is 2.47. The number of nitrogens with zero attached hydrogens (tertiary/aromatic N) is 1. The van der Waals surface area contributed by atoms with Crippen molar-refractivity contribution >= 4 is 11.3 Å². The molecule has 1 aromatic heterocycles. The predicted molar refractivity (Wildman–Crippen MR) is 65.5 cm³/mol. The summed E-state index contributed by atoms with van der Waals surface area (Å²) in [5, 5.41) is 4.71. The number of aromatic nitrogens is 1. The first-order valence-electron chi connectivity index (χ1n) is 5.67. The zero-order valence-electron chi connectivity index (χ0n) is 10.1. The summed E-state index contributed by atoms with van der Waals surface area (Å²) in [6, 6.07) is 0.613. The first-order chi connectivity index (χ1) is 7.07. The molecule has 1 unspecified atom stereocenters. The third kappa shape index (κ3) is 2.08. The third-order valence-corrected chi connectivity index (χ3v) is 4.89. The van der Waals surface area contributed by atoms with Crippen molar-refractivity contribution in [2.45, 2.75) is 46.1 Å². The lowest BCUT2D eigenvalue weighted by molar-refractivity contribution is 0.369. The quantitative estimate of drug-likeness (QED) is 0.850. The SMILES string of the molecule is CNC(C)C1(Cc2nc(C)c(C)s2)CC1. The van der Waals surface area contributed by atoms with E-state index < -0.39 is 0 Å². The average Bonchev–Trinajstić information content (AvgIpc) is 2.90. The number of aryl methyl sites for hydroxylation is 2. The van der Waals surface area contributed by atoms with Gasteiger partial charge in [0.2, 0.25) is 0 Å². The van der Waals surface area contributed by atoms with Crippen LogP contribution in [0.15, 0.2) is 0 Å². The first-order valence-corrected chi connectivity index (χ1v) is 6.49. The summed E-state index contributed by atoms with van der Waals surface area (Å²) in [5.41, 5.74) is 1.72. The summed E-state index contributed by atoms with van der Waals surface area (Å²) in [6.07, 6.45) is 3.87. The molecule has 1 fully saturated rings. The number of hydrogen-bond acceptors (Lipinski definition) is 3. The van der Waals surface area contributed by atoms with Gasteiger partial charge in [-0.05, 0) is 46.1 Å². The van der Waals surface area contributed by atoms with Crippen molar-refractivity contribution in [3.05, 3.63) is 15.6 Å². The van der Waals surface area contributed by atoms with Gasteiger partial charge < -0.3 is 5.32 Å². The summed E-state index contributed by atoms with van der Waals surface area (Å²) in [6.45, 7) is 6.56. The minimum absolute atomic E-state index is 0.505. The van der Waals surface area contributed by atoms with E-state index in [4.69, 9.17) is 0 Å². The molecule has 0 aliphatic heterocycles. The molecule has 1 aliphatic carbocycles.